The van der Waals surface area contributed by atoms with Crippen LogP contribution in [0.15, 0.2) is 18.2 Å². The molecule has 1 aliphatic heterocycles. The first-order valence-electron chi connectivity index (χ1n) is 8.84. The molecule has 12 heteroatoms. The van der Waals surface area contributed by atoms with Crippen molar-refractivity contribution >= 4 is 28.8 Å². The summed E-state index contributed by atoms with van der Waals surface area (Å²) in [5.41, 5.74) is 0.504. The van der Waals surface area contributed by atoms with Crippen molar-refractivity contribution in [2.24, 2.45) is 0 Å². The molecule has 0 bridgehead atoms. The van der Waals surface area contributed by atoms with Gasteiger partial charge in [-0.05, 0) is 25.0 Å². The molecule has 1 aliphatic rings. The SMILES string of the molecule is CC(F)(F)CCC(=O)N[C@H]1Cc2cccc(C(=O)OCCS(C)(=O)=O)c2OB1O. The minimum atomic E-state index is -3.30. The fourth-order valence-electron chi connectivity index (χ4n) is 2.68. The van der Waals surface area contributed by atoms with Gasteiger partial charge in [-0.2, -0.15) is 0 Å². The summed E-state index contributed by atoms with van der Waals surface area (Å²) in [5, 5.41) is 12.6. The number of esters is 1. The monoisotopic (exact) mass is 433 g/mol. The molecule has 29 heavy (non-hydrogen) atoms. The Morgan fingerprint density at radius 1 is 1.41 bits per heavy atom. The number of nitrogens with one attached hydrogen (secondary N) is 1. The number of rotatable bonds is 8. The first-order chi connectivity index (χ1) is 13.4. The van der Waals surface area contributed by atoms with Crippen LogP contribution in [0.1, 0.15) is 35.7 Å². The fraction of sp³-hybridized carbons (Fsp3) is 0.529. The van der Waals surface area contributed by atoms with Crippen LogP contribution in [0.5, 0.6) is 5.75 Å². The highest BCUT2D eigenvalue weighted by atomic mass is 32.2. The Morgan fingerprint density at radius 3 is 2.72 bits per heavy atom. The van der Waals surface area contributed by atoms with Crippen LogP contribution in [0.25, 0.3) is 0 Å². The van der Waals surface area contributed by atoms with Gasteiger partial charge in [-0.15, -0.1) is 0 Å². The summed E-state index contributed by atoms with van der Waals surface area (Å²) in [7, 11) is -4.80. The largest absolute Gasteiger partial charge is 0.547 e. The lowest BCUT2D eigenvalue weighted by Gasteiger charge is -2.29. The number of ether oxygens (including phenoxy) is 1. The molecule has 0 fully saturated rings. The van der Waals surface area contributed by atoms with Gasteiger partial charge < -0.3 is 19.7 Å². The standard InChI is InChI=1S/C17H22BF2NO7S/c1-17(19,20)7-6-14(22)21-13-10-11-4-3-5-12(15(11)28-18(13)24)16(23)27-8-9-29(2,25)26/h3-5,13,24H,6-10H2,1-2H3,(H,21,22)/t13-/m0/s1. The lowest BCUT2D eigenvalue weighted by atomic mass is 9.72. The number of para-hydroxylation sites is 1. The summed E-state index contributed by atoms with van der Waals surface area (Å²) in [6.45, 7) is 0.385. The van der Waals surface area contributed by atoms with Crippen LogP contribution in [-0.4, -0.2) is 62.9 Å². The highest BCUT2D eigenvalue weighted by molar-refractivity contribution is 7.90. The zero-order chi connectivity index (χ0) is 21.8. The second-order valence-electron chi connectivity index (χ2n) is 7.02. The molecule has 0 aromatic heterocycles. The molecular formula is C17H22BF2NO7S. The first kappa shape index (κ1) is 23.1. The minimum Gasteiger partial charge on any atom is -0.534 e. The third kappa shape index (κ3) is 7.28. The average Bonchev–Trinajstić information content (AvgIpc) is 2.58. The predicted octanol–water partition coefficient (Wildman–Crippen LogP) is 0.763. The molecule has 1 heterocycles. The average molecular weight is 433 g/mol. The van der Waals surface area contributed by atoms with Crippen molar-refractivity contribution in [2.75, 3.05) is 18.6 Å². The number of alkyl halides is 2. The Balaban J connectivity index is 2.04. The van der Waals surface area contributed by atoms with Crippen LogP contribution in [0.3, 0.4) is 0 Å². The molecule has 1 aromatic carbocycles. The topological polar surface area (TPSA) is 119 Å². The molecule has 0 saturated carbocycles. The van der Waals surface area contributed by atoms with Gasteiger partial charge in [-0.25, -0.2) is 22.0 Å². The molecule has 1 atom stereocenters. The number of benzene rings is 1. The van der Waals surface area contributed by atoms with Gasteiger partial charge in [-0.3, -0.25) is 4.79 Å². The van der Waals surface area contributed by atoms with E-state index in [0.717, 1.165) is 6.26 Å². The van der Waals surface area contributed by atoms with E-state index < -0.39 is 53.5 Å². The number of carbonyl (C=O) groups is 2. The molecule has 2 N–H and O–H groups in total. The van der Waals surface area contributed by atoms with E-state index in [9.17, 15) is 31.8 Å². The minimum absolute atomic E-state index is 0.00505. The second-order valence-corrected chi connectivity index (χ2v) is 9.28. The van der Waals surface area contributed by atoms with E-state index in [1.165, 1.54) is 6.07 Å². The van der Waals surface area contributed by atoms with Crippen molar-refractivity contribution in [1.29, 1.82) is 0 Å². The Labute approximate surface area is 167 Å². The van der Waals surface area contributed by atoms with Crippen LogP contribution in [-0.2, 0) is 25.8 Å². The molecule has 8 nitrogen and oxygen atoms in total. The van der Waals surface area contributed by atoms with E-state index >= 15 is 0 Å². The molecule has 1 aromatic rings. The Morgan fingerprint density at radius 2 is 2.10 bits per heavy atom. The summed E-state index contributed by atoms with van der Waals surface area (Å²) in [6.07, 6.45) is 0.0881. The van der Waals surface area contributed by atoms with E-state index in [1.807, 2.05) is 0 Å². The van der Waals surface area contributed by atoms with Gasteiger partial charge in [0.25, 0.3) is 0 Å². The molecule has 0 saturated heterocycles. The highest BCUT2D eigenvalue weighted by Crippen LogP contribution is 2.30. The number of halogens is 2. The van der Waals surface area contributed by atoms with Crippen LogP contribution in [0.2, 0.25) is 0 Å². The maximum Gasteiger partial charge on any atom is 0.547 e. The zero-order valence-corrected chi connectivity index (χ0v) is 16.8. The Kier molecular flexibility index (Phi) is 7.22. The maximum atomic E-state index is 12.9. The molecule has 160 valence electrons. The fourth-order valence-corrected chi connectivity index (χ4v) is 3.07. The summed E-state index contributed by atoms with van der Waals surface area (Å²) in [4.78, 5) is 24.1. The first-order valence-corrected chi connectivity index (χ1v) is 10.9. The van der Waals surface area contributed by atoms with E-state index in [0.29, 0.717) is 12.5 Å². The van der Waals surface area contributed by atoms with Gasteiger partial charge in [0, 0.05) is 19.1 Å². The lowest BCUT2D eigenvalue weighted by molar-refractivity contribution is -0.123. The van der Waals surface area contributed by atoms with Gasteiger partial charge in [0.15, 0.2) is 9.84 Å². The molecule has 2 rings (SSSR count). The van der Waals surface area contributed by atoms with Crippen molar-refractivity contribution in [1.82, 2.24) is 5.32 Å². The van der Waals surface area contributed by atoms with E-state index in [2.05, 4.69) is 5.32 Å². The maximum absolute atomic E-state index is 12.9. The predicted molar refractivity (Wildman–Crippen MR) is 101 cm³/mol. The number of hydrogen-bond donors (Lipinski definition) is 2. The van der Waals surface area contributed by atoms with Gasteiger partial charge in [0.05, 0.1) is 11.7 Å². The number of amides is 1. The van der Waals surface area contributed by atoms with Crippen LogP contribution >= 0.6 is 0 Å². The zero-order valence-electron chi connectivity index (χ0n) is 16.0. The molecule has 0 aliphatic carbocycles. The van der Waals surface area contributed by atoms with Gasteiger partial charge in [-0.1, -0.05) is 12.1 Å². The molecule has 0 unspecified atom stereocenters. The van der Waals surface area contributed by atoms with Crippen molar-refractivity contribution in [3.05, 3.63) is 29.3 Å². The molecule has 0 radical (unpaired) electrons. The number of sulfone groups is 1. The van der Waals surface area contributed by atoms with Gasteiger partial charge >= 0.3 is 13.1 Å². The van der Waals surface area contributed by atoms with Crippen LogP contribution in [0.4, 0.5) is 8.78 Å². The summed E-state index contributed by atoms with van der Waals surface area (Å²) in [5.74, 6) is -5.59. The third-order valence-corrected chi connectivity index (χ3v) is 5.07. The smallest absolute Gasteiger partial charge is 0.534 e. The van der Waals surface area contributed by atoms with Crippen molar-refractivity contribution in [3.63, 3.8) is 0 Å². The molecule has 1 amide bonds. The van der Waals surface area contributed by atoms with Crippen molar-refractivity contribution < 1.29 is 41.2 Å². The summed E-state index contributed by atoms with van der Waals surface area (Å²) >= 11 is 0. The Hall–Kier alpha value is -2.21. The van der Waals surface area contributed by atoms with E-state index in [4.69, 9.17) is 9.39 Å². The van der Waals surface area contributed by atoms with E-state index in [-0.39, 0.29) is 30.1 Å². The number of hydrogen-bond acceptors (Lipinski definition) is 7. The van der Waals surface area contributed by atoms with E-state index in [1.54, 1.807) is 12.1 Å². The normalized spacial score (nSPS) is 16.6. The number of fused-ring (bicyclic) bond motifs is 1. The van der Waals surface area contributed by atoms with Crippen LogP contribution in [0, 0.1) is 0 Å². The third-order valence-electron chi connectivity index (χ3n) is 4.16. The Bertz CT molecular complexity index is 873. The van der Waals surface area contributed by atoms with Crippen molar-refractivity contribution in [3.8, 4) is 5.75 Å². The highest BCUT2D eigenvalue weighted by Gasteiger charge is 2.38. The molecule has 0 spiro atoms. The van der Waals surface area contributed by atoms with Gasteiger partial charge in [0.2, 0.25) is 11.8 Å². The van der Waals surface area contributed by atoms with Gasteiger partial charge in [0.1, 0.15) is 17.9 Å². The summed E-state index contributed by atoms with van der Waals surface area (Å²) in [6, 6.07) is 4.56. The second kappa shape index (κ2) is 9.08. The number of carbonyl (C=O) groups excluding carboxylic acids is 2. The summed E-state index contributed by atoms with van der Waals surface area (Å²) < 4.78 is 58.3. The van der Waals surface area contributed by atoms with Crippen LogP contribution < -0.4 is 9.97 Å². The lowest BCUT2D eigenvalue weighted by Crippen LogP contribution is -2.53. The quantitative estimate of drug-likeness (QED) is 0.459. The molecular weight excluding hydrogens is 411 g/mol. The van der Waals surface area contributed by atoms with Crippen molar-refractivity contribution in [2.45, 2.75) is 38.0 Å².